The SMILES string of the molecule is CNC1(Cc2ccc(Cl)c(C(F)(F)F)c2)CC1. The Morgan fingerprint density at radius 1 is 1.35 bits per heavy atom. The molecule has 0 amide bonds. The maximum absolute atomic E-state index is 12.7. The molecule has 0 unspecified atom stereocenters. The van der Waals surface area contributed by atoms with E-state index in [1.165, 1.54) is 6.07 Å². The first-order valence-electron chi connectivity index (χ1n) is 5.41. The highest BCUT2D eigenvalue weighted by molar-refractivity contribution is 6.31. The van der Waals surface area contributed by atoms with E-state index in [0.29, 0.717) is 12.0 Å². The smallest absolute Gasteiger partial charge is 0.314 e. The third kappa shape index (κ3) is 2.75. The van der Waals surface area contributed by atoms with E-state index >= 15 is 0 Å². The van der Waals surface area contributed by atoms with Crippen LogP contribution < -0.4 is 5.32 Å². The summed E-state index contributed by atoms with van der Waals surface area (Å²) in [6.45, 7) is 0. The molecule has 2 rings (SSSR count). The number of hydrogen-bond donors (Lipinski definition) is 1. The summed E-state index contributed by atoms with van der Waals surface area (Å²) in [6, 6.07) is 4.14. The Kier molecular flexibility index (Phi) is 3.12. The number of halogens is 4. The van der Waals surface area contributed by atoms with Crippen LogP contribution in [0.2, 0.25) is 5.02 Å². The molecule has 1 fully saturated rings. The van der Waals surface area contributed by atoms with E-state index in [1.54, 1.807) is 6.07 Å². The van der Waals surface area contributed by atoms with Gasteiger partial charge in [-0.2, -0.15) is 13.2 Å². The molecule has 0 aliphatic heterocycles. The van der Waals surface area contributed by atoms with Crippen LogP contribution in [0.1, 0.15) is 24.0 Å². The minimum Gasteiger partial charge on any atom is -0.314 e. The Hall–Kier alpha value is -0.740. The summed E-state index contributed by atoms with van der Waals surface area (Å²) in [6.07, 6.45) is -1.76. The first kappa shape index (κ1) is 12.7. The lowest BCUT2D eigenvalue weighted by atomic mass is 10.0. The second kappa shape index (κ2) is 4.18. The van der Waals surface area contributed by atoms with Crippen molar-refractivity contribution in [2.75, 3.05) is 7.05 Å². The van der Waals surface area contributed by atoms with Crippen molar-refractivity contribution in [2.45, 2.75) is 31.0 Å². The molecule has 1 aliphatic rings. The van der Waals surface area contributed by atoms with Crippen LogP contribution in [0.25, 0.3) is 0 Å². The quantitative estimate of drug-likeness (QED) is 0.878. The van der Waals surface area contributed by atoms with Crippen LogP contribution in [-0.4, -0.2) is 12.6 Å². The first-order chi connectivity index (χ1) is 7.86. The minimum atomic E-state index is -4.39. The number of hydrogen-bond acceptors (Lipinski definition) is 1. The van der Waals surface area contributed by atoms with Crippen molar-refractivity contribution >= 4 is 11.6 Å². The molecule has 0 saturated heterocycles. The molecule has 94 valence electrons. The summed E-state index contributed by atoms with van der Waals surface area (Å²) < 4.78 is 38.0. The van der Waals surface area contributed by atoms with Crippen LogP contribution >= 0.6 is 11.6 Å². The third-order valence-corrected chi connectivity index (χ3v) is 3.59. The van der Waals surface area contributed by atoms with Gasteiger partial charge in [0.25, 0.3) is 0 Å². The number of nitrogens with one attached hydrogen (secondary N) is 1. The lowest BCUT2D eigenvalue weighted by Gasteiger charge is -2.16. The molecule has 1 N–H and O–H groups in total. The number of benzene rings is 1. The number of likely N-dealkylation sites (N-methyl/N-ethyl adjacent to an activating group) is 1. The second-order valence-corrected chi connectivity index (χ2v) is 4.93. The first-order valence-corrected chi connectivity index (χ1v) is 5.79. The van der Waals surface area contributed by atoms with E-state index in [1.807, 2.05) is 7.05 Å². The fourth-order valence-corrected chi connectivity index (χ4v) is 2.18. The van der Waals surface area contributed by atoms with Gasteiger partial charge >= 0.3 is 6.18 Å². The molecule has 0 radical (unpaired) electrons. The monoisotopic (exact) mass is 263 g/mol. The van der Waals surface area contributed by atoms with Crippen molar-refractivity contribution in [2.24, 2.45) is 0 Å². The minimum absolute atomic E-state index is 0.00328. The molecule has 1 nitrogen and oxygen atoms in total. The van der Waals surface area contributed by atoms with E-state index in [9.17, 15) is 13.2 Å². The van der Waals surface area contributed by atoms with Crippen LogP contribution in [0.3, 0.4) is 0 Å². The fourth-order valence-electron chi connectivity index (χ4n) is 1.96. The molecule has 0 atom stereocenters. The van der Waals surface area contributed by atoms with Gasteiger partial charge in [-0.3, -0.25) is 0 Å². The summed E-state index contributed by atoms with van der Waals surface area (Å²) in [5.74, 6) is 0. The standard InChI is InChI=1S/C12H13ClF3N/c1-17-11(4-5-11)7-8-2-3-10(13)9(6-8)12(14,15)16/h2-3,6,17H,4-5,7H2,1H3. The highest BCUT2D eigenvalue weighted by Gasteiger charge is 2.41. The molecule has 0 spiro atoms. The average molecular weight is 264 g/mol. The van der Waals surface area contributed by atoms with Gasteiger partial charge in [-0.25, -0.2) is 0 Å². The van der Waals surface area contributed by atoms with E-state index < -0.39 is 11.7 Å². The van der Waals surface area contributed by atoms with Crippen LogP contribution in [-0.2, 0) is 12.6 Å². The van der Waals surface area contributed by atoms with E-state index in [2.05, 4.69) is 5.32 Å². The van der Waals surface area contributed by atoms with Crippen molar-refractivity contribution in [3.05, 3.63) is 34.3 Å². The highest BCUT2D eigenvalue weighted by Crippen LogP contribution is 2.40. The normalized spacial score (nSPS) is 18.2. The van der Waals surface area contributed by atoms with Gasteiger partial charge in [0, 0.05) is 5.54 Å². The Bertz CT molecular complexity index is 424. The van der Waals surface area contributed by atoms with Crippen LogP contribution in [0.15, 0.2) is 18.2 Å². The Morgan fingerprint density at radius 3 is 2.47 bits per heavy atom. The van der Waals surface area contributed by atoms with Crippen molar-refractivity contribution in [1.29, 1.82) is 0 Å². The molecule has 1 aliphatic carbocycles. The summed E-state index contributed by atoms with van der Waals surface area (Å²) >= 11 is 5.57. The van der Waals surface area contributed by atoms with Gasteiger partial charge < -0.3 is 5.32 Å². The lowest BCUT2D eigenvalue weighted by molar-refractivity contribution is -0.137. The van der Waals surface area contributed by atoms with Crippen LogP contribution in [0.4, 0.5) is 13.2 Å². The zero-order valence-corrected chi connectivity index (χ0v) is 10.1. The summed E-state index contributed by atoms with van der Waals surface area (Å²) in [4.78, 5) is 0. The van der Waals surface area contributed by atoms with Crippen molar-refractivity contribution < 1.29 is 13.2 Å². The van der Waals surface area contributed by atoms with Crippen molar-refractivity contribution in [3.8, 4) is 0 Å². The topological polar surface area (TPSA) is 12.0 Å². The molecule has 0 heterocycles. The maximum atomic E-state index is 12.7. The average Bonchev–Trinajstić information content (AvgIpc) is 3.00. The molecule has 1 aromatic rings. The van der Waals surface area contributed by atoms with Crippen molar-refractivity contribution in [1.82, 2.24) is 5.32 Å². The van der Waals surface area contributed by atoms with Gasteiger partial charge in [0.05, 0.1) is 10.6 Å². The summed E-state index contributed by atoms with van der Waals surface area (Å²) in [5.41, 5.74) is -0.0754. The zero-order chi connectivity index (χ0) is 12.7. The van der Waals surface area contributed by atoms with Gasteiger partial charge in [0.1, 0.15) is 0 Å². The van der Waals surface area contributed by atoms with Crippen molar-refractivity contribution in [3.63, 3.8) is 0 Å². The predicted molar refractivity (Wildman–Crippen MR) is 61.2 cm³/mol. The Balaban J connectivity index is 2.25. The van der Waals surface area contributed by atoms with Gasteiger partial charge in [-0.1, -0.05) is 17.7 Å². The molecule has 1 saturated carbocycles. The zero-order valence-electron chi connectivity index (χ0n) is 9.37. The van der Waals surface area contributed by atoms with Crippen LogP contribution in [0.5, 0.6) is 0 Å². The third-order valence-electron chi connectivity index (χ3n) is 3.26. The maximum Gasteiger partial charge on any atom is 0.417 e. The van der Waals surface area contributed by atoms with E-state index in [4.69, 9.17) is 11.6 Å². The number of rotatable bonds is 3. The predicted octanol–water partition coefficient (Wildman–Crippen LogP) is 3.65. The van der Waals surface area contributed by atoms with Gasteiger partial charge in [0.15, 0.2) is 0 Å². The fraction of sp³-hybridized carbons (Fsp3) is 0.500. The van der Waals surface area contributed by atoms with E-state index in [-0.39, 0.29) is 10.6 Å². The van der Waals surface area contributed by atoms with Crippen LogP contribution in [0, 0.1) is 0 Å². The molecule has 5 heteroatoms. The molecular weight excluding hydrogens is 251 g/mol. The molecular formula is C12H13ClF3N. The largest absolute Gasteiger partial charge is 0.417 e. The molecule has 0 bridgehead atoms. The van der Waals surface area contributed by atoms with Gasteiger partial charge in [-0.15, -0.1) is 0 Å². The van der Waals surface area contributed by atoms with Gasteiger partial charge in [0.2, 0.25) is 0 Å². The van der Waals surface area contributed by atoms with E-state index in [0.717, 1.165) is 18.9 Å². The summed E-state index contributed by atoms with van der Waals surface area (Å²) in [5, 5.41) is 2.92. The summed E-state index contributed by atoms with van der Waals surface area (Å²) in [7, 11) is 1.84. The van der Waals surface area contributed by atoms with Gasteiger partial charge in [-0.05, 0) is 44.0 Å². The highest BCUT2D eigenvalue weighted by atomic mass is 35.5. The second-order valence-electron chi connectivity index (χ2n) is 4.52. The number of alkyl halides is 3. The molecule has 17 heavy (non-hydrogen) atoms. The molecule has 1 aromatic carbocycles. The lowest BCUT2D eigenvalue weighted by Crippen LogP contribution is -2.29. The Labute approximate surface area is 103 Å². The Morgan fingerprint density at radius 2 is 2.00 bits per heavy atom. The molecule has 0 aromatic heterocycles.